The molecule has 0 aromatic carbocycles. The first kappa shape index (κ1) is 18.4. The van der Waals surface area contributed by atoms with Crippen molar-refractivity contribution in [2.24, 2.45) is 5.92 Å². The summed E-state index contributed by atoms with van der Waals surface area (Å²) in [7, 11) is 1.22. The van der Waals surface area contributed by atoms with Crippen LogP contribution in [0.3, 0.4) is 0 Å². The van der Waals surface area contributed by atoms with Crippen molar-refractivity contribution in [3.63, 3.8) is 0 Å². The molecular weight excluding hydrogens is 338 g/mol. The largest absolute Gasteiger partial charge is 0.509 e. The predicted octanol–water partition coefficient (Wildman–Crippen LogP) is 2.85. The topological polar surface area (TPSA) is 72.9 Å². The smallest absolute Gasteiger partial charge is 0.438 e. The molecule has 0 saturated carbocycles. The molecule has 2 rings (SSSR count). The maximum absolute atomic E-state index is 12.8. The summed E-state index contributed by atoms with van der Waals surface area (Å²) in [6.45, 7) is 9.21. The normalized spacial score (nSPS) is 28.9. The summed E-state index contributed by atoms with van der Waals surface area (Å²) >= 11 is 2.60. The Labute approximate surface area is 145 Å². The number of carbonyl (C=O) groups excluding carboxylic acids is 3. The lowest BCUT2D eigenvalue weighted by molar-refractivity contribution is -0.155. The van der Waals surface area contributed by atoms with Crippen molar-refractivity contribution in [2.75, 3.05) is 7.11 Å². The van der Waals surface area contributed by atoms with Gasteiger partial charge < -0.3 is 14.4 Å². The summed E-state index contributed by atoms with van der Waals surface area (Å²) in [4.78, 5) is 37.0. The van der Waals surface area contributed by atoms with E-state index in [-0.39, 0.29) is 27.1 Å². The van der Waals surface area contributed by atoms with E-state index in [9.17, 15) is 14.4 Å². The minimum absolute atomic E-state index is 0.00130. The molecular formula is C15H23NO5S2. The fourth-order valence-electron chi connectivity index (χ4n) is 3.01. The van der Waals surface area contributed by atoms with Gasteiger partial charge in [0.2, 0.25) is 11.0 Å². The Kier molecular flexibility index (Phi) is 4.97. The van der Waals surface area contributed by atoms with E-state index >= 15 is 0 Å². The van der Waals surface area contributed by atoms with Crippen molar-refractivity contribution < 1.29 is 23.9 Å². The number of nitrogens with zero attached hydrogens (tertiary/aromatic N) is 1. The molecule has 3 atom stereocenters. The van der Waals surface area contributed by atoms with E-state index < -0.39 is 17.1 Å². The van der Waals surface area contributed by atoms with Crippen molar-refractivity contribution >= 4 is 40.7 Å². The number of hydrogen-bond donors (Lipinski definition) is 0. The lowest BCUT2D eigenvalue weighted by Crippen LogP contribution is -2.62. The molecule has 2 aliphatic rings. The molecule has 6 nitrogen and oxygen atoms in total. The zero-order valence-corrected chi connectivity index (χ0v) is 15.9. The average molecular weight is 361 g/mol. The van der Waals surface area contributed by atoms with E-state index in [0.29, 0.717) is 0 Å². The molecule has 2 saturated heterocycles. The van der Waals surface area contributed by atoms with Crippen LogP contribution in [0.2, 0.25) is 0 Å². The molecule has 0 bridgehead atoms. The van der Waals surface area contributed by atoms with Gasteiger partial charge in [0.1, 0.15) is 6.04 Å². The minimum atomic E-state index is -1.05. The van der Waals surface area contributed by atoms with Crippen molar-refractivity contribution in [1.82, 2.24) is 4.90 Å². The van der Waals surface area contributed by atoms with Gasteiger partial charge in [0, 0.05) is 4.75 Å². The molecule has 0 radical (unpaired) electrons. The number of methoxy groups -OCH3 is 1. The van der Waals surface area contributed by atoms with Crippen LogP contribution >= 0.6 is 23.5 Å². The highest BCUT2D eigenvalue weighted by Gasteiger charge is 2.63. The zero-order chi connectivity index (χ0) is 17.6. The van der Waals surface area contributed by atoms with Gasteiger partial charge in [-0.05, 0) is 45.9 Å². The molecule has 23 heavy (non-hydrogen) atoms. The van der Waals surface area contributed by atoms with Gasteiger partial charge in [-0.15, -0.1) is 11.8 Å². The Morgan fingerprint density at radius 3 is 2.52 bits per heavy atom. The van der Waals surface area contributed by atoms with Crippen molar-refractivity contribution in [3.8, 4) is 0 Å². The number of carbonyl (C=O) groups is 3. The van der Waals surface area contributed by atoms with Crippen LogP contribution in [0, 0.1) is 5.92 Å². The second-order valence-electron chi connectivity index (χ2n) is 6.65. The predicted molar refractivity (Wildman–Crippen MR) is 90.0 cm³/mol. The number of β-lactam (4-membered cyclic amide) rings is 1. The first-order chi connectivity index (χ1) is 10.5. The van der Waals surface area contributed by atoms with E-state index in [1.54, 1.807) is 30.5 Å². The molecule has 0 unspecified atom stereocenters. The van der Waals surface area contributed by atoms with Gasteiger partial charge in [-0.2, -0.15) is 0 Å². The summed E-state index contributed by atoms with van der Waals surface area (Å²) in [5, 5.41) is -0.0940. The number of hydrogen-bond acceptors (Lipinski definition) is 7. The Balaban J connectivity index is 2.12. The molecule has 8 heteroatoms. The Hall–Kier alpha value is -0.890. The van der Waals surface area contributed by atoms with Gasteiger partial charge in [0.05, 0.1) is 18.4 Å². The molecule has 0 spiro atoms. The van der Waals surface area contributed by atoms with Gasteiger partial charge in [-0.1, -0.05) is 6.92 Å². The molecule has 2 aliphatic heterocycles. The van der Waals surface area contributed by atoms with E-state index in [1.807, 2.05) is 20.8 Å². The molecule has 0 aliphatic carbocycles. The Morgan fingerprint density at radius 2 is 2.00 bits per heavy atom. The minimum Gasteiger partial charge on any atom is -0.438 e. The van der Waals surface area contributed by atoms with Crippen molar-refractivity contribution in [2.45, 2.75) is 62.1 Å². The number of amides is 1. The summed E-state index contributed by atoms with van der Waals surface area (Å²) in [5.74, 6) is 0.0441. The first-order valence-corrected chi connectivity index (χ1v) is 9.23. The van der Waals surface area contributed by atoms with Gasteiger partial charge in [-0.3, -0.25) is 9.59 Å². The number of fused-ring (bicyclic) bond motifs is 1. The maximum Gasteiger partial charge on any atom is 0.509 e. The van der Waals surface area contributed by atoms with Crippen LogP contribution in [0.4, 0.5) is 4.79 Å². The average Bonchev–Trinajstić information content (AvgIpc) is 2.66. The molecule has 2 fully saturated rings. The van der Waals surface area contributed by atoms with Crippen molar-refractivity contribution in [3.05, 3.63) is 0 Å². The summed E-state index contributed by atoms with van der Waals surface area (Å²) in [6, 6.07) is -0.515. The van der Waals surface area contributed by atoms with Crippen LogP contribution in [-0.2, 0) is 19.1 Å². The van der Waals surface area contributed by atoms with E-state index in [2.05, 4.69) is 4.74 Å². The zero-order valence-electron chi connectivity index (χ0n) is 14.2. The Bertz CT molecular complexity index is 534. The highest BCUT2D eigenvalue weighted by Crippen LogP contribution is 2.55. The van der Waals surface area contributed by atoms with Gasteiger partial charge in [0.25, 0.3) is 0 Å². The number of ether oxygens (including phenoxy) is 2. The highest BCUT2D eigenvalue weighted by atomic mass is 32.2. The third-order valence-electron chi connectivity index (χ3n) is 4.06. The van der Waals surface area contributed by atoms with Crippen LogP contribution in [0.25, 0.3) is 0 Å². The van der Waals surface area contributed by atoms with Crippen LogP contribution in [0.15, 0.2) is 0 Å². The Morgan fingerprint density at radius 1 is 1.39 bits per heavy atom. The van der Waals surface area contributed by atoms with Crippen LogP contribution in [0.5, 0.6) is 0 Å². The van der Waals surface area contributed by atoms with E-state index in [4.69, 9.17) is 4.74 Å². The molecule has 1 amide bonds. The number of thioether (sulfide) groups is 2. The molecule has 2 heterocycles. The third kappa shape index (κ3) is 3.33. The van der Waals surface area contributed by atoms with Gasteiger partial charge in [0.15, 0.2) is 4.93 Å². The lowest BCUT2D eigenvalue weighted by Gasteiger charge is -2.44. The van der Waals surface area contributed by atoms with Crippen LogP contribution in [0.1, 0.15) is 41.0 Å². The second kappa shape index (κ2) is 6.20. The maximum atomic E-state index is 12.8. The van der Waals surface area contributed by atoms with E-state index in [1.165, 1.54) is 7.11 Å². The first-order valence-electron chi connectivity index (χ1n) is 7.54. The quantitative estimate of drug-likeness (QED) is 0.433. The summed E-state index contributed by atoms with van der Waals surface area (Å²) in [6.07, 6.45) is -0.0482. The standard InChI is InChI=1S/C15H23NO5S2/c1-7-8-10(17)16-9(14(2,3)22-11(8)16)12(18)23-15(4,5)21-13(19)20-6/h8-9,11H,7H2,1-6H3/t8-,9+,11-/m1/s1. The summed E-state index contributed by atoms with van der Waals surface area (Å²) in [5.41, 5.74) is 0. The molecule has 0 aromatic rings. The second-order valence-corrected chi connectivity index (χ2v) is 10.0. The lowest BCUT2D eigenvalue weighted by atomic mass is 9.90. The van der Waals surface area contributed by atoms with Crippen molar-refractivity contribution in [1.29, 1.82) is 0 Å². The van der Waals surface area contributed by atoms with Crippen LogP contribution < -0.4 is 0 Å². The molecule has 130 valence electrons. The van der Waals surface area contributed by atoms with E-state index in [0.717, 1.165) is 18.2 Å². The monoisotopic (exact) mass is 361 g/mol. The fraction of sp³-hybridized carbons (Fsp3) is 0.800. The third-order valence-corrected chi connectivity index (χ3v) is 6.68. The van der Waals surface area contributed by atoms with Gasteiger partial charge >= 0.3 is 6.16 Å². The SMILES string of the molecule is CC[C@@H]1C(=O)N2[C@@H]1SC(C)(C)[C@@H]2C(=O)SC(C)(C)OC(=O)OC. The fourth-order valence-corrected chi connectivity index (χ4v) is 5.98. The highest BCUT2D eigenvalue weighted by molar-refractivity contribution is 8.15. The molecule has 0 aromatic heterocycles. The molecule has 0 N–H and O–H groups in total. The van der Waals surface area contributed by atoms with Gasteiger partial charge in [-0.25, -0.2) is 4.79 Å². The summed E-state index contributed by atoms with van der Waals surface area (Å²) < 4.78 is 9.21. The van der Waals surface area contributed by atoms with Crippen LogP contribution in [-0.4, -0.2) is 50.3 Å². The number of rotatable bonds is 4.